The molecule has 64 valence electrons. The molecule has 2 rings (SSSR count). The second-order valence-electron chi connectivity index (χ2n) is 3.60. The Hall–Kier alpha value is -0.860. The first-order valence-electron chi connectivity index (χ1n) is 4.26. The van der Waals surface area contributed by atoms with Crippen LogP contribution in [0.4, 0.5) is 0 Å². The fraction of sp³-hybridized carbons (Fsp3) is 0.400. The summed E-state index contributed by atoms with van der Waals surface area (Å²) in [5.41, 5.74) is 4.75. The summed E-state index contributed by atoms with van der Waals surface area (Å²) in [7, 11) is 0. The van der Waals surface area contributed by atoms with Gasteiger partial charge in [-0.25, -0.2) is 0 Å². The molecule has 1 aliphatic rings. The Bertz CT molecular complexity index is 298. The first-order valence-corrected chi connectivity index (χ1v) is 4.26. The number of hydrogen-bond acceptors (Lipinski definition) is 2. The number of aryl methyl sites for hydroxylation is 1. The fourth-order valence-electron chi connectivity index (χ4n) is 1.91. The number of hydroxylamine groups is 1. The minimum atomic E-state index is -0.226. The lowest BCUT2D eigenvalue weighted by atomic mass is 9.96. The molecule has 2 heteroatoms. The number of rotatable bonds is 1. The van der Waals surface area contributed by atoms with E-state index in [1.807, 2.05) is 19.1 Å². The van der Waals surface area contributed by atoms with Crippen molar-refractivity contribution in [3.8, 4) is 0 Å². The summed E-state index contributed by atoms with van der Waals surface area (Å²) in [4.78, 5) is 0. The summed E-state index contributed by atoms with van der Waals surface area (Å²) in [5, 5.41) is 9.02. The van der Waals surface area contributed by atoms with Crippen molar-refractivity contribution in [2.24, 2.45) is 0 Å². The molecule has 1 aliphatic carbocycles. The molecule has 0 radical (unpaired) electrons. The molecule has 1 aromatic rings. The molecule has 0 fully saturated rings. The Labute approximate surface area is 72.2 Å². The van der Waals surface area contributed by atoms with Crippen molar-refractivity contribution in [2.75, 3.05) is 0 Å². The number of hydrogen-bond donors (Lipinski definition) is 2. The first kappa shape index (κ1) is 7.77. The van der Waals surface area contributed by atoms with Crippen LogP contribution < -0.4 is 5.48 Å². The van der Waals surface area contributed by atoms with Crippen LogP contribution >= 0.6 is 0 Å². The Morgan fingerprint density at radius 3 is 2.92 bits per heavy atom. The zero-order valence-corrected chi connectivity index (χ0v) is 7.17. The third-order valence-electron chi connectivity index (χ3n) is 2.75. The normalized spacial score (nSPS) is 27.2. The molecule has 1 atom stereocenters. The Morgan fingerprint density at radius 2 is 2.17 bits per heavy atom. The fourth-order valence-corrected chi connectivity index (χ4v) is 1.91. The highest BCUT2D eigenvalue weighted by atomic mass is 16.5. The largest absolute Gasteiger partial charge is 0.316 e. The predicted molar refractivity (Wildman–Crippen MR) is 47.0 cm³/mol. The summed E-state index contributed by atoms with van der Waals surface area (Å²) in [6, 6.07) is 8.26. The van der Waals surface area contributed by atoms with Crippen LogP contribution in [0, 0.1) is 0 Å². The molecule has 0 spiro atoms. The molecule has 12 heavy (non-hydrogen) atoms. The van der Waals surface area contributed by atoms with E-state index in [1.165, 1.54) is 11.1 Å². The Kier molecular flexibility index (Phi) is 1.67. The van der Waals surface area contributed by atoms with Crippen LogP contribution in [0.15, 0.2) is 24.3 Å². The second kappa shape index (κ2) is 2.57. The van der Waals surface area contributed by atoms with Crippen molar-refractivity contribution in [2.45, 2.75) is 25.3 Å². The van der Waals surface area contributed by atoms with Gasteiger partial charge in [0.25, 0.3) is 0 Å². The number of fused-ring (bicyclic) bond motifs is 1. The molecule has 0 amide bonds. The van der Waals surface area contributed by atoms with Crippen LogP contribution in [-0.2, 0) is 12.0 Å². The molecular weight excluding hydrogens is 150 g/mol. The number of benzene rings is 1. The summed E-state index contributed by atoms with van der Waals surface area (Å²) in [6.45, 7) is 2.03. The smallest absolute Gasteiger partial charge is 0.0656 e. The highest BCUT2D eigenvalue weighted by Gasteiger charge is 2.33. The van der Waals surface area contributed by atoms with Crippen LogP contribution in [0.3, 0.4) is 0 Å². The molecule has 2 N–H and O–H groups in total. The summed E-state index contributed by atoms with van der Waals surface area (Å²) in [6.07, 6.45) is 2.03. The molecule has 0 aromatic heterocycles. The molecule has 1 unspecified atom stereocenters. The third kappa shape index (κ3) is 0.958. The standard InChI is InChI=1S/C10H13NO/c1-10(11-12)7-6-8-4-2-3-5-9(8)10/h2-5,11-12H,6-7H2,1H3. The van der Waals surface area contributed by atoms with E-state index in [1.54, 1.807) is 0 Å². The van der Waals surface area contributed by atoms with Gasteiger partial charge in [-0.05, 0) is 30.9 Å². The number of nitrogens with one attached hydrogen (secondary N) is 1. The predicted octanol–water partition coefficient (Wildman–Crippen LogP) is 1.83. The van der Waals surface area contributed by atoms with E-state index in [0.717, 1.165) is 12.8 Å². The Morgan fingerprint density at radius 1 is 1.42 bits per heavy atom. The van der Waals surface area contributed by atoms with Crippen molar-refractivity contribution in [1.29, 1.82) is 0 Å². The average molecular weight is 163 g/mol. The van der Waals surface area contributed by atoms with E-state index in [0.29, 0.717) is 0 Å². The van der Waals surface area contributed by atoms with Crippen LogP contribution in [0.1, 0.15) is 24.5 Å². The minimum absolute atomic E-state index is 0.226. The van der Waals surface area contributed by atoms with Gasteiger partial charge in [-0.3, -0.25) is 0 Å². The van der Waals surface area contributed by atoms with Gasteiger partial charge in [-0.15, -0.1) is 0 Å². The lowest BCUT2D eigenvalue weighted by Gasteiger charge is -2.22. The van der Waals surface area contributed by atoms with Crippen LogP contribution in [0.2, 0.25) is 0 Å². The van der Waals surface area contributed by atoms with Crippen molar-refractivity contribution in [3.63, 3.8) is 0 Å². The first-order chi connectivity index (χ1) is 5.76. The quantitative estimate of drug-likeness (QED) is 0.619. The molecular formula is C10H13NO. The van der Waals surface area contributed by atoms with Crippen LogP contribution in [0.25, 0.3) is 0 Å². The summed E-state index contributed by atoms with van der Waals surface area (Å²) in [5.74, 6) is 0. The van der Waals surface area contributed by atoms with Gasteiger partial charge in [0, 0.05) is 0 Å². The molecule has 2 nitrogen and oxygen atoms in total. The minimum Gasteiger partial charge on any atom is -0.316 e. The monoisotopic (exact) mass is 163 g/mol. The van der Waals surface area contributed by atoms with Crippen molar-refractivity contribution in [3.05, 3.63) is 35.4 Å². The average Bonchev–Trinajstić information content (AvgIpc) is 2.46. The molecule has 0 saturated carbocycles. The summed E-state index contributed by atoms with van der Waals surface area (Å²) >= 11 is 0. The maximum atomic E-state index is 9.02. The topological polar surface area (TPSA) is 32.3 Å². The molecule has 0 aliphatic heterocycles. The van der Waals surface area contributed by atoms with Gasteiger partial charge in [0.05, 0.1) is 5.54 Å². The summed E-state index contributed by atoms with van der Waals surface area (Å²) < 4.78 is 0. The van der Waals surface area contributed by atoms with E-state index in [4.69, 9.17) is 5.21 Å². The molecule has 1 aromatic carbocycles. The van der Waals surface area contributed by atoms with E-state index in [2.05, 4.69) is 17.6 Å². The van der Waals surface area contributed by atoms with E-state index in [9.17, 15) is 0 Å². The lowest BCUT2D eigenvalue weighted by molar-refractivity contribution is 0.0707. The van der Waals surface area contributed by atoms with E-state index >= 15 is 0 Å². The van der Waals surface area contributed by atoms with E-state index in [-0.39, 0.29) is 5.54 Å². The Balaban J connectivity index is 2.49. The van der Waals surface area contributed by atoms with Gasteiger partial charge < -0.3 is 5.21 Å². The van der Waals surface area contributed by atoms with Gasteiger partial charge >= 0.3 is 0 Å². The molecule has 0 bridgehead atoms. The van der Waals surface area contributed by atoms with Crippen molar-refractivity contribution < 1.29 is 5.21 Å². The zero-order valence-electron chi connectivity index (χ0n) is 7.17. The van der Waals surface area contributed by atoms with Gasteiger partial charge in [0.15, 0.2) is 0 Å². The van der Waals surface area contributed by atoms with Crippen LogP contribution in [0.5, 0.6) is 0 Å². The zero-order chi connectivity index (χ0) is 8.60. The van der Waals surface area contributed by atoms with Gasteiger partial charge in [-0.2, -0.15) is 5.48 Å². The highest BCUT2D eigenvalue weighted by Crippen LogP contribution is 2.35. The van der Waals surface area contributed by atoms with Crippen molar-refractivity contribution in [1.82, 2.24) is 5.48 Å². The molecule has 0 heterocycles. The maximum absolute atomic E-state index is 9.02. The van der Waals surface area contributed by atoms with Crippen molar-refractivity contribution >= 4 is 0 Å². The van der Waals surface area contributed by atoms with Gasteiger partial charge in [-0.1, -0.05) is 24.3 Å². The van der Waals surface area contributed by atoms with E-state index < -0.39 is 0 Å². The van der Waals surface area contributed by atoms with Crippen LogP contribution in [-0.4, -0.2) is 5.21 Å². The third-order valence-corrected chi connectivity index (χ3v) is 2.75. The lowest BCUT2D eigenvalue weighted by Crippen LogP contribution is -2.34. The van der Waals surface area contributed by atoms with Gasteiger partial charge in [0.2, 0.25) is 0 Å². The SMILES string of the molecule is CC1(NO)CCc2ccccc21. The second-order valence-corrected chi connectivity index (χ2v) is 3.60. The van der Waals surface area contributed by atoms with Gasteiger partial charge in [0.1, 0.15) is 0 Å². The maximum Gasteiger partial charge on any atom is 0.0656 e. The molecule has 0 saturated heterocycles. The highest BCUT2D eigenvalue weighted by molar-refractivity contribution is 5.37.